The molecule has 2 aromatic rings. The van der Waals surface area contributed by atoms with Crippen LogP contribution >= 0.6 is 0 Å². The van der Waals surface area contributed by atoms with Crippen molar-refractivity contribution in [3.8, 4) is 0 Å². The van der Waals surface area contributed by atoms with E-state index in [4.69, 9.17) is 0 Å². The molecule has 0 atom stereocenters. The first-order chi connectivity index (χ1) is 12.1. The zero-order valence-electron chi connectivity index (χ0n) is 14.8. The molecule has 8 nitrogen and oxygen atoms in total. The van der Waals surface area contributed by atoms with E-state index in [1.807, 2.05) is 0 Å². The number of nitro groups is 1. The average Bonchev–Trinajstić information content (AvgIpc) is 2.57. The number of benzene rings is 2. The smallest absolute Gasteiger partial charge is 0.271 e. The topological polar surface area (TPSA) is 118 Å². The summed E-state index contributed by atoms with van der Waals surface area (Å²) in [5.41, 5.74) is 1.63. The standard InChI is InChI=1S/C17H19N3O5S/c1-10-8-13(20(22)23)9-16(11(10)2)26(24,25)19-15-7-5-6-14(12(15)3)17(21)18-4/h5-9,19H,1-4H3,(H,18,21). The van der Waals surface area contributed by atoms with Crippen LogP contribution in [0.2, 0.25) is 0 Å². The number of rotatable bonds is 5. The number of hydrogen-bond acceptors (Lipinski definition) is 5. The van der Waals surface area contributed by atoms with Crippen molar-refractivity contribution in [3.63, 3.8) is 0 Å². The molecule has 0 aliphatic carbocycles. The zero-order chi connectivity index (χ0) is 19.6. The Labute approximate surface area is 151 Å². The van der Waals surface area contributed by atoms with Gasteiger partial charge < -0.3 is 5.32 Å². The maximum absolute atomic E-state index is 12.8. The minimum absolute atomic E-state index is 0.172. The third-order valence-corrected chi connectivity index (χ3v) is 5.65. The number of hydrogen-bond donors (Lipinski definition) is 2. The molecule has 0 heterocycles. The second-order valence-corrected chi connectivity index (χ2v) is 7.46. The van der Waals surface area contributed by atoms with Crippen molar-refractivity contribution in [2.45, 2.75) is 25.7 Å². The summed E-state index contributed by atoms with van der Waals surface area (Å²) in [6, 6.07) is 7.02. The highest BCUT2D eigenvalue weighted by Crippen LogP contribution is 2.28. The highest BCUT2D eigenvalue weighted by Gasteiger charge is 2.23. The number of nitrogens with zero attached hydrogens (tertiary/aromatic N) is 1. The molecule has 0 unspecified atom stereocenters. The Morgan fingerprint density at radius 1 is 1.12 bits per heavy atom. The molecule has 0 aliphatic rings. The van der Waals surface area contributed by atoms with Crippen molar-refractivity contribution in [2.24, 2.45) is 0 Å². The van der Waals surface area contributed by atoms with Gasteiger partial charge in [0, 0.05) is 24.7 Å². The molecule has 2 N–H and O–H groups in total. The van der Waals surface area contributed by atoms with Gasteiger partial charge in [0.25, 0.3) is 21.6 Å². The fourth-order valence-corrected chi connectivity index (χ4v) is 3.98. The molecule has 0 radical (unpaired) electrons. The molecule has 0 spiro atoms. The summed E-state index contributed by atoms with van der Waals surface area (Å²) in [7, 11) is -2.60. The largest absolute Gasteiger partial charge is 0.355 e. The van der Waals surface area contributed by atoms with Crippen molar-refractivity contribution < 1.29 is 18.1 Å². The average molecular weight is 377 g/mol. The number of non-ortho nitro benzene ring substituents is 1. The number of carbonyl (C=O) groups excluding carboxylic acids is 1. The number of aryl methyl sites for hydroxylation is 1. The van der Waals surface area contributed by atoms with Gasteiger partial charge in [0.05, 0.1) is 15.5 Å². The second-order valence-electron chi connectivity index (χ2n) is 5.81. The summed E-state index contributed by atoms with van der Waals surface area (Å²) in [6.07, 6.45) is 0. The summed E-state index contributed by atoms with van der Waals surface area (Å²) in [4.78, 5) is 22.1. The number of anilines is 1. The Morgan fingerprint density at radius 2 is 1.77 bits per heavy atom. The molecule has 0 bridgehead atoms. The summed E-state index contributed by atoms with van der Waals surface area (Å²) < 4.78 is 28.1. The zero-order valence-corrected chi connectivity index (χ0v) is 15.6. The van der Waals surface area contributed by atoms with E-state index in [1.54, 1.807) is 32.9 Å². The van der Waals surface area contributed by atoms with Gasteiger partial charge in [-0.2, -0.15) is 0 Å². The van der Waals surface area contributed by atoms with Crippen LogP contribution in [0.5, 0.6) is 0 Å². The Kier molecular flexibility index (Phi) is 5.31. The number of nitrogens with one attached hydrogen (secondary N) is 2. The van der Waals surface area contributed by atoms with Gasteiger partial charge in [-0.05, 0) is 49.6 Å². The van der Waals surface area contributed by atoms with Gasteiger partial charge in [-0.25, -0.2) is 8.42 Å². The molecule has 1 amide bonds. The summed E-state index contributed by atoms with van der Waals surface area (Å²) in [5.74, 6) is -0.342. The van der Waals surface area contributed by atoms with Crippen LogP contribution in [0.25, 0.3) is 0 Å². The fourth-order valence-electron chi connectivity index (χ4n) is 2.52. The quantitative estimate of drug-likeness (QED) is 0.613. The molecule has 26 heavy (non-hydrogen) atoms. The summed E-state index contributed by atoms with van der Waals surface area (Å²) in [6.45, 7) is 4.81. The van der Waals surface area contributed by atoms with Gasteiger partial charge in [-0.15, -0.1) is 0 Å². The maximum Gasteiger partial charge on any atom is 0.271 e. The van der Waals surface area contributed by atoms with Crippen LogP contribution in [0.4, 0.5) is 11.4 Å². The normalized spacial score (nSPS) is 11.1. The molecular formula is C17H19N3O5S. The third kappa shape index (κ3) is 3.67. The first-order valence-electron chi connectivity index (χ1n) is 7.68. The predicted molar refractivity (Wildman–Crippen MR) is 97.9 cm³/mol. The number of sulfonamides is 1. The summed E-state index contributed by atoms with van der Waals surface area (Å²) >= 11 is 0. The highest BCUT2D eigenvalue weighted by molar-refractivity contribution is 7.92. The van der Waals surface area contributed by atoms with E-state index in [0.717, 1.165) is 6.07 Å². The van der Waals surface area contributed by atoms with Crippen LogP contribution in [0.1, 0.15) is 27.0 Å². The van der Waals surface area contributed by atoms with Gasteiger partial charge in [0.1, 0.15) is 0 Å². The highest BCUT2D eigenvalue weighted by atomic mass is 32.2. The van der Waals surface area contributed by atoms with E-state index < -0.39 is 14.9 Å². The van der Waals surface area contributed by atoms with E-state index >= 15 is 0 Å². The Hall–Kier alpha value is -2.94. The van der Waals surface area contributed by atoms with Gasteiger partial charge >= 0.3 is 0 Å². The molecule has 9 heteroatoms. The lowest BCUT2D eigenvalue weighted by Crippen LogP contribution is -2.21. The Bertz CT molecular complexity index is 1000. The van der Waals surface area contributed by atoms with Gasteiger partial charge in [0.2, 0.25) is 0 Å². The SMILES string of the molecule is CNC(=O)c1cccc(NS(=O)(=O)c2cc([N+](=O)[O-])cc(C)c2C)c1C. The van der Waals surface area contributed by atoms with Crippen LogP contribution in [-0.4, -0.2) is 26.3 Å². The van der Waals surface area contributed by atoms with E-state index in [-0.39, 0.29) is 22.2 Å². The van der Waals surface area contributed by atoms with E-state index in [0.29, 0.717) is 22.3 Å². The first-order valence-corrected chi connectivity index (χ1v) is 9.17. The monoisotopic (exact) mass is 377 g/mol. The Balaban J connectivity index is 2.54. The molecule has 2 aromatic carbocycles. The van der Waals surface area contributed by atoms with Crippen LogP contribution < -0.4 is 10.0 Å². The minimum Gasteiger partial charge on any atom is -0.355 e. The summed E-state index contributed by atoms with van der Waals surface area (Å²) in [5, 5.41) is 13.5. The van der Waals surface area contributed by atoms with Crippen molar-refractivity contribution in [2.75, 3.05) is 11.8 Å². The van der Waals surface area contributed by atoms with Crippen LogP contribution in [-0.2, 0) is 10.0 Å². The maximum atomic E-state index is 12.8. The van der Waals surface area contributed by atoms with Gasteiger partial charge in [-0.3, -0.25) is 19.6 Å². The lowest BCUT2D eigenvalue weighted by atomic mass is 10.1. The lowest BCUT2D eigenvalue weighted by molar-refractivity contribution is -0.385. The van der Waals surface area contributed by atoms with Crippen molar-refractivity contribution >= 4 is 27.3 Å². The van der Waals surface area contributed by atoms with Crippen molar-refractivity contribution in [3.05, 3.63) is 62.7 Å². The molecule has 2 rings (SSSR count). The number of carbonyl (C=O) groups is 1. The number of nitro benzene ring substituents is 1. The molecule has 0 saturated carbocycles. The van der Waals surface area contributed by atoms with E-state index in [9.17, 15) is 23.3 Å². The van der Waals surface area contributed by atoms with Crippen molar-refractivity contribution in [1.82, 2.24) is 5.32 Å². The molecular weight excluding hydrogens is 358 g/mol. The van der Waals surface area contributed by atoms with Gasteiger partial charge in [0.15, 0.2) is 0 Å². The van der Waals surface area contributed by atoms with E-state index in [1.165, 1.54) is 19.2 Å². The minimum atomic E-state index is -4.08. The van der Waals surface area contributed by atoms with Crippen LogP contribution in [0.15, 0.2) is 35.2 Å². The second kappa shape index (κ2) is 7.12. The third-order valence-electron chi connectivity index (χ3n) is 4.15. The fraction of sp³-hybridized carbons (Fsp3) is 0.235. The van der Waals surface area contributed by atoms with Crippen LogP contribution in [0.3, 0.4) is 0 Å². The molecule has 0 aliphatic heterocycles. The lowest BCUT2D eigenvalue weighted by Gasteiger charge is -2.15. The Morgan fingerprint density at radius 3 is 2.35 bits per heavy atom. The molecule has 0 saturated heterocycles. The predicted octanol–water partition coefficient (Wildman–Crippen LogP) is 2.68. The number of amides is 1. The van der Waals surface area contributed by atoms with Gasteiger partial charge in [-0.1, -0.05) is 6.07 Å². The molecule has 0 aromatic heterocycles. The first kappa shape index (κ1) is 19.4. The molecule has 0 fully saturated rings. The van der Waals surface area contributed by atoms with Crippen molar-refractivity contribution in [1.29, 1.82) is 0 Å². The molecule has 138 valence electrons. The van der Waals surface area contributed by atoms with E-state index in [2.05, 4.69) is 10.0 Å². The van der Waals surface area contributed by atoms with Crippen LogP contribution in [0, 0.1) is 30.9 Å².